The van der Waals surface area contributed by atoms with Gasteiger partial charge in [0, 0.05) is 17.7 Å². The van der Waals surface area contributed by atoms with Gasteiger partial charge in [-0.2, -0.15) is 5.10 Å². The van der Waals surface area contributed by atoms with Crippen molar-refractivity contribution in [3.63, 3.8) is 0 Å². The zero-order valence-corrected chi connectivity index (χ0v) is 14.7. The first kappa shape index (κ1) is 17.2. The quantitative estimate of drug-likeness (QED) is 0.630. The lowest BCUT2D eigenvalue weighted by Gasteiger charge is -2.17. The van der Waals surface area contributed by atoms with E-state index in [4.69, 9.17) is 0 Å². The van der Waals surface area contributed by atoms with Crippen LogP contribution in [0.2, 0.25) is 0 Å². The van der Waals surface area contributed by atoms with Crippen LogP contribution in [-0.2, 0) is 16.4 Å². The summed E-state index contributed by atoms with van der Waals surface area (Å²) in [5.74, 6) is -0.690. The summed E-state index contributed by atoms with van der Waals surface area (Å²) in [6.45, 7) is 0.510. The van der Waals surface area contributed by atoms with Crippen LogP contribution in [0.15, 0.2) is 47.6 Å². The topological polar surface area (TPSA) is 117 Å². The van der Waals surface area contributed by atoms with Crippen molar-refractivity contribution in [1.82, 2.24) is 20.5 Å². The van der Waals surface area contributed by atoms with Gasteiger partial charge >= 0.3 is 0 Å². The highest BCUT2D eigenvalue weighted by molar-refractivity contribution is 7.92. The summed E-state index contributed by atoms with van der Waals surface area (Å²) in [5.41, 5.74) is 1.32. The molecule has 0 unspecified atom stereocenters. The van der Waals surface area contributed by atoms with Gasteiger partial charge in [-0.25, -0.2) is 17.8 Å². The van der Waals surface area contributed by atoms with Crippen molar-refractivity contribution in [3.8, 4) is 11.4 Å². The predicted octanol–water partition coefficient (Wildman–Crippen LogP) is 1.70. The first-order chi connectivity index (χ1) is 12.9. The van der Waals surface area contributed by atoms with E-state index in [0.717, 1.165) is 11.6 Å². The number of aromatic nitrogens is 3. The molecule has 3 N–H and O–H groups in total. The number of benzene rings is 2. The Hall–Kier alpha value is -3.27. The Morgan fingerprint density at radius 2 is 2.00 bits per heavy atom. The van der Waals surface area contributed by atoms with E-state index in [-0.39, 0.29) is 16.5 Å². The van der Waals surface area contributed by atoms with Crippen LogP contribution in [0.5, 0.6) is 0 Å². The number of halogens is 1. The van der Waals surface area contributed by atoms with Gasteiger partial charge in [0.05, 0.1) is 10.6 Å². The van der Waals surface area contributed by atoms with Crippen molar-refractivity contribution in [2.24, 2.45) is 0 Å². The maximum absolute atomic E-state index is 14.2. The number of sulfonamides is 1. The molecule has 0 radical (unpaired) electrons. The third-order valence-electron chi connectivity index (χ3n) is 4.22. The molecule has 2 aromatic carbocycles. The number of carbonyl (C=O) groups is 1. The van der Waals surface area contributed by atoms with E-state index in [1.165, 1.54) is 30.6 Å². The second kappa shape index (κ2) is 6.47. The maximum Gasteiger partial charge on any atom is 0.262 e. The van der Waals surface area contributed by atoms with Crippen LogP contribution >= 0.6 is 0 Å². The largest absolute Gasteiger partial charge is 0.352 e. The molecular formula is C17H14FN5O3S. The van der Waals surface area contributed by atoms with Crippen LogP contribution in [0.4, 0.5) is 10.1 Å². The first-order valence-electron chi connectivity index (χ1n) is 8.03. The van der Waals surface area contributed by atoms with Gasteiger partial charge in [0.2, 0.25) is 0 Å². The minimum atomic E-state index is -4.09. The molecule has 0 bridgehead atoms. The molecule has 0 aliphatic carbocycles. The van der Waals surface area contributed by atoms with E-state index < -0.39 is 15.8 Å². The van der Waals surface area contributed by atoms with E-state index >= 15 is 0 Å². The fourth-order valence-electron chi connectivity index (χ4n) is 2.86. The van der Waals surface area contributed by atoms with Crippen LogP contribution < -0.4 is 10.0 Å². The third kappa shape index (κ3) is 3.26. The normalized spacial score (nSPS) is 13.7. The Morgan fingerprint density at radius 3 is 2.78 bits per heavy atom. The number of aromatic amines is 1. The van der Waals surface area contributed by atoms with E-state index in [2.05, 4.69) is 25.2 Å². The van der Waals surface area contributed by atoms with Gasteiger partial charge in [0.1, 0.15) is 12.1 Å². The highest BCUT2D eigenvalue weighted by Crippen LogP contribution is 2.26. The molecule has 2 heterocycles. The van der Waals surface area contributed by atoms with Crippen LogP contribution in [0.25, 0.3) is 11.4 Å². The lowest BCUT2D eigenvalue weighted by atomic mass is 10.0. The highest BCUT2D eigenvalue weighted by Gasteiger charge is 2.22. The Kier molecular flexibility index (Phi) is 4.11. The molecule has 27 heavy (non-hydrogen) atoms. The molecule has 1 aromatic heterocycles. The number of hydrogen-bond acceptors (Lipinski definition) is 5. The van der Waals surface area contributed by atoms with Crippen LogP contribution in [0, 0.1) is 5.82 Å². The summed E-state index contributed by atoms with van der Waals surface area (Å²) in [6, 6.07) is 8.21. The lowest BCUT2D eigenvalue weighted by molar-refractivity contribution is 0.0945. The smallest absolute Gasteiger partial charge is 0.262 e. The van der Waals surface area contributed by atoms with Gasteiger partial charge in [0.15, 0.2) is 5.82 Å². The van der Waals surface area contributed by atoms with Crippen molar-refractivity contribution in [2.75, 3.05) is 11.3 Å². The van der Waals surface area contributed by atoms with Gasteiger partial charge in [-0.05, 0) is 42.3 Å². The van der Waals surface area contributed by atoms with Gasteiger partial charge in [-0.3, -0.25) is 14.6 Å². The average Bonchev–Trinajstić information content (AvgIpc) is 3.18. The van der Waals surface area contributed by atoms with Gasteiger partial charge in [-0.1, -0.05) is 6.07 Å². The Labute approximate surface area is 153 Å². The molecular weight excluding hydrogens is 373 g/mol. The zero-order chi connectivity index (χ0) is 19.0. The summed E-state index contributed by atoms with van der Waals surface area (Å²) in [6.07, 6.45) is 1.92. The second-order valence-corrected chi connectivity index (χ2v) is 7.64. The van der Waals surface area contributed by atoms with E-state index in [1.807, 2.05) is 0 Å². The van der Waals surface area contributed by atoms with Crippen molar-refractivity contribution in [3.05, 3.63) is 59.7 Å². The van der Waals surface area contributed by atoms with Crippen molar-refractivity contribution in [2.45, 2.75) is 11.3 Å². The molecule has 1 amide bonds. The van der Waals surface area contributed by atoms with Crippen molar-refractivity contribution in [1.29, 1.82) is 0 Å². The summed E-state index contributed by atoms with van der Waals surface area (Å²) in [4.78, 5) is 15.8. The molecule has 1 aliphatic rings. The SMILES string of the molecule is O=C1NCCc2ccc(S(=O)(=O)Nc3cc(-c4ncn[nH]4)ccc3F)cc21. The van der Waals surface area contributed by atoms with Crippen LogP contribution in [-0.4, -0.2) is 36.1 Å². The molecule has 4 rings (SSSR count). The Bertz CT molecular complexity index is 1130. The summed E-state index contributed by atoms with van der Waals surface area (Å²) < 4.78 is 41.8. The fraction of sp³-hybridized carbons (Fsp3) is 0.118. The fourth-order valence-corrected chi connectivity index (χ4v) is 3.94. The highest BCUT2D eigenvalue weighted by atomic mass is 32.2. The summed E-state index contributed by atoms with van der Waals surface area (Å²) >= 11 is 0. The number of nitrogens with one attached hydrogen (secondary N) is 3. The predicted molar refractivity (Wildman–Crippen MR) is 95.1 cm³/mol. The number of hydrogen-bond donors (Lipinski definition) is 3. The molecule has 138 valence electrons. The molecule has 0 atom stereocenters. The third-order valence-corrected chi connectivity index (χ3v) is 5.58. The first-order valence-corrected chi connectivity index (χ1v) is 9.51. The molecule has 3 aromatic rings. The molecule has 10 heteroatoms. The maximum atomic E-state index is 14.2. The Morgan fingerprint density at radius 1 is 1.15 bits per heavy atom. The number of H-pyrrole nitrogens is 1. The van der Waals surface area contributed by atoms with E-state index in [1.54, 1.807) is 6.07 Å². The number of carbonyl (C=O) groups excluding carboxylic acids is 1. The minimum Gasteiger partial charge on any atom is -0.352 e. The molecule has 0 fully saturated rings. The van der Waals surface area contributed by atoms with E-state index in [9.17, 15) is 17.6 Å². The molecule has 0 saturated carbocycles. The number of rotatable bonds is 4. The summed E-state index contributed by atoms with van der Waals surface area (Å²) in [5, 5.41) is 9.01. The molecule has 0 saturated heterocycles. The van der Waals surface area contributed by atoms with E-state index in [0.29, 0.717) is 29.9 Å². The van der Waals surface area contributed by atoms with Crippen LogP contribution in [0.3, 0.4) is 0 Å². The standard InChI is InChI=1S/C17H14FN5O3S/c18-14-4-2-11(16-20-9-21-22-16)7-15(14)23-27(25,26)12-3-1-10-5-6-19-17(24)13(10)8-12/h1-4,7-9,23H,5-6H2,(H,19,24)(H,20,21,22). The average molecular weight is 387 g/mol. The zero-order valence-electron chi connectivity index (χ0n) is 13.9. The molecule has 1 aliphatic heterocycles. The van der Waals surface area contributed by atoms with Gasteiger partial charge < -0.3 is 5.32 Å². The summed E-state index contributed by atoms with van der Waals surface area (Å²) in [7, 11) is -4.09. The number of anilines is 1. The van der Waals surface area contributed by atoms with Gasteiger partial charge in [0.25, 0.3) is 15.9 Å². The van der Waals surface area contributed by atoms with Gasteiger partial charge in [-0.15, -0.1) is 0 Å². The second-order valence-electron chi connectivity index (χ2n) is 5.96. The monoisotopic (exact) mass is 387 g/mol. The lowest BCUT2D eigenvalue weighted by Crippen LogP contribution is -2.32. The molecule has 0 spiro atoms. The van der Waals surface area contributed by atoms with Crippen LogP contribution in [0.1, 0.15) is 15.9 Å². The number of nitrogens with zero attached hydrogens (tertiary/aromatic N) is 2. The van der Waals surface area contributed by atoms with Crippen molar-refractivity contribution < 1.29 is 17.6 Å². The van der Waals surface area contributed by atoms with Crippen molar-refractivity contribution >= 4 is 21.6 Å². The number of fused-ring (bicyclic) bond motifs is 1. The Balaban J connectivity index is 1.69. The number of amides is 1. The minimum absolute atomic E-state index is 0.122. The molecule has 8 nitrogen and oxygen atoms in total.